The Kier molecular flexibility index (Phi) is 6.83. The zero-order valence-corrected chi connectivity index (χ0v) is 15.9. The number of benzene rings is 1. The van der Waals surface area contributed by atoms with Gasteiger partial charge in [-0.25, -0.2) is 8.78 Å². The van der Waals surface area contributed by atoms with Gasteiger partial charge in [0.15, 0.2) is 0 Å². The molecule has 0 aliphatic heterocycles. The third-order valence-corrected chi connectivity index (χ3v) is 6.83. The first-order valence-corrected chi connectivity index (χ1v) is 10.5. The molecule has 1 aromatic carbocycles. The van der Waals surface area contributed by atoms with E-state index in [1.165, 1.54) is 5.56 Å². The summed E-state index contributed by atoms with van der Waals surface area (Å²) >= 11 is 0. The monoisotopic (exact) mass is 362 g/mol. The van der Waals surface area contributed by atoms with E-state index in [2.05, 4.69) is 0 Å². The number of carbonyl (C=O) groups is 1. The summed E-state index contributed by atoms with van der Waals surface area (Å²) in [4.78, 5) is 11.8. The topological polar surface area (TPSA) is 17.1 Å². The summed E-state index contributed by atoms with van der Waals surface area (Å²) in [5, 5.41) is 0. The average Bonchev–Trinajstić information content (AvgIpc) is 2.69. The highest BCUT2D eigenvalue weighted by molar-refractivity contribution is 5.80. The molecule has 0 bridgehead atoms. The number of ketones is 1. The number of carbonyl (C=O) groups excluding carboxylic acids is 1. The number of Topliss-reactive ketones (excluding diaryl/α,β-unsaturated/α-hetero) is 1. The summed E-state index contributed by atoms with van der Waals surface area (Å²) < 4.78 is 27.9. The summed E-state index contributed by atoms with van der Waals surface area (Å²) in [5.41, 5.74) is 1.22. The van der Waals surface area contributed by atoms with Crippen LogP contribution in [-0.4, -0.2) is 12.0 Å². The molecule has 1 nitrogen and oxygen atoms in total. The summed E-state index contributed by atoms with van der Waals surface area (Å²) in [6.45, 7) is 1.93. The Morgan fingerprint density at radius 2 is 1.62 bits per heavy atom. The van der Waals surface area contributed by atoms with E-state index < -0.39 is 6.17 Å². The molecule has 0 radical (unpaired) electrons. The minimum atomic E-state index is -0.708. The van der Waals surface area contributed by atoms with Crippen LogP contribution in [0.3, 0.4) is 0 Å². The quantitative estimate of drug-likeness (QED) is 0.556. The smallest absolute Gasteiger partial charge is 0.135 e. The van der Waals surface area contributed by atoms with E-state index in [1.54, 1.807) is 12.1 Å². The van der Waals surface area contributed by atoms with Gasteiger partial charge >= 0.3 is 0 Å². The van der Waals surface area contributed by atoms with Gasteiger partial charge in [0.1, 0.15) is 17.8 Å². The molecule has 0 N–H and O–H groups in total. The van der Waals surface area contributed by atoms with E-state index in [1.807, 2.05) is 19.1 Å². The molecule has 2 aliphatic rings. The second kappa shape index (κ2) is 9.10. The van der Waals surface area contributed by atoms with Gasteiger partial charge in [-0.15, -0.1) is 0 Å². The Hall–Kier alpha value is -1.25. The number of hydrogen-bond donors (Lipinski definition) is 0. The van der Waals surface area contributed by atoms with Gasteiger partial charge in [-0.3, -0.25) is 4.79 Å². The van der Waals surface area contributed by atoms with Gasteiger partial charge in [0.05, 0.1) is 0 Å². The van der Waals surface area contributed by atoms with Crippen LogP contribution in [0, 0.1) is 23.6 Å². The van der Waals surface area contributed by atoms with Crippen LogP contribution in [0.5, 0.6) is 0 Å². The van der Waals surface area contributed by atoms with Crippen LogP contribution >= 0.6 is 0 Å². The lowest BCUT2D eigenvalue weighted by Crippen LogP contribution is -2.28. The van der Waals surface area contributed by atoms with Crippen molar-refractivity contribution in [2.45, 2.75) is 83.2 Å². The lowest BCUT2D eigenvalue weighted by Gasteiger charge is -2.33. The zero-order chi connectivity index (χ0) is 18.5. The van der Waals surface area contributed by atoms with Gasteiger partial charge in [0.2, 0.25) is 0 Å². The van der Waals surface area contributed by atoms with Crippen molar-refractivity contribution in [2.24, 2.45) is 17.8 Å². The maximum absolute atomic E-state index is 14.8. The molecule has 0 amide bonds. The lowest BCUT2D eigenvalue weighted by molar-refractivity contribution is -0.124. The minimum Gasteiger partial charge on any atom is -0.299 e. The van der Waals surface area contributed by atoms with Crippen molar-refractivity contribution in [1.29, 1.82) is 0 Å². The van der Waals surface area contributed by atoms with Gasteiger partial charge in [0, 0.05) is 12.3 Å². The van der Waals surface area contributed by atoms with Gasteiger partial charge in [-0.1, -0.05) is 19.1 Å². The maximum atomic E-state index is 14.8. The normalized spacial score (nSPS) is 30.7. The van der Waals surface area contributed by atoms with Crippen LogP contribution in [0.4, 0.5) is 8.78 Å². The molecule has 26 heavy (non-hydrogen) atoms. The Labute approximate surface area is 156 Å². The van der Waals surface area contributed by atoms with Crippen molar-refractivity contribution in [3.63, 3.8) is 0 Å². The molecule has 0 heterocycles. The standard InChI is InChI=1S/C23H32F2O/c1-2-23(26)20-9-7-19(8-10-20)22(25)15-16-3-5-17(6-4-16)18-11-13-21(24)14-12-18/h11-14,16-17,19-20,22H,2-10,15H2,1H3. The Balaban J connectivity index is 1.41. The van der Waals surface area contributed by atoms with Crippen molar-refractivity contribution in [1.82, 2.24) is 0 Å². The van der Waals surface area contributed by atoms with E-state index in [0.29, 0.717) is 30.5 Å². The summed E-state index contributed by atoms with van der Waals surface area (Å²) in [6.07, 6.45) is 8.44. The highest BCUT2D eigenvalue weighted by Crippen LogP contribution is 2.40. The van der Waals surface area contributed by atoms with E-state index in [9.17, 15) is 13.6 Å². The fourth-order valence-electron chi connectivity index (χ4n) is 5.07. The van der Waals surface area contributed by atoms with Gasteiger partial charge < -0.3 is 0 Å². The van der Waals surface area contributed by atoms with E-state index in [4.69, 9.17) is 0 Å². The molecule has 1 atom stereocenters. The van der Waals surface area contributed by atoms with Crippen molar-refractivity contribution in [3.05, 3.63) is 35.6 Å². The SMILES string of the molecule is CCC(=O)C1CCC(C(F)CC2CCC(c3ccc(F)cc3)CC2)CC1. The first-order chi connectivity index (χ1) is 12.6. The van der Waals surface area contributed by atoms with Gasteiger partial charge in [0.25, 0.3) is 0 Å². The van der Waals surface area contributed by atoms with E-state index in [-0.39, 0.29) is 17.7 Å². The predicted octanol–water partition coefficient (Wildman–Crippen LogP) is 6.61. The molecule has 2 aliphatic carbocycles. The molecule has 0 aromatic heterocycles. The van der Waals surface area contributed by atoms with Crippen molar-refractivity contribution in [2.75, 3.05) is 0 Å². The largest absolute Gasteiger partial charge is 0.299 e. The first kappa shape index (κ1) is 19.5. The number of hydrogen-bond acceptors (Lipinski definition) is 1. The maximum Gasteiger partial charge on any atom is 0.135 e. The molecule has 2 saturated carbocycles. The second-order valence-electron chi connectivity index (χ2n) is 8.45. The molecule has 3 rings (SSSR count). The third-order valence-electron chi connectivity index (χ3n) is 6.83. The molecule has 3 heteroatoms. The van der Waals surface area contributed by atoms with Crippen molar-refractivity contribution >= 4 is 5.78 Å². The Bertz CT molecular complexity index is 566. The summed E-state index contributed by atoms with van der Waals surface area (Å²) in [7, 11) is 0. The van der Waals surface area contributed by atoms with Crippen LogP contribution < -0.4 is 0 Å². The molecule has 2 fully saturated rings. The summed E-state index contributed by atoms with van der Waals surface area (Å²) in [6, 6.07) is 6.87. The minimum absolute atomic E-state index is 0.158. The van der Waals surface area contributed by atoms with Crippen LogP contribution in [-0.2, 0) is 4.79 Å². The highest BCUT2D eigenvalue weighted by Gasteiger charge is 2.32. The third kappa shape index (κ3) is 4.92. The molecule has 0 spiro atoms. The lowest BCUT2D eigenvalue weighted by atomic mass is 9.73. The van der Waals surface area contributed by atoms with E-state index >= 15 is 0 Å². The fourth-order valence-corrected chi connectivity index (χ4v) is 5.07. The predicted molar refractivity (Wildman–Crippen MR) is 101 cm³/mol. The van der Waals surface area contributed by atoms with Crippen LogP contribution in [0.15, 0.2) is 24.3 Å². The first-order valence-electron chi connectivity index (χ1n) is 10.5. The molecule has 144 valence electrons. The Morgan fingerprint density at radius 3 is 2.19 bits per heavy atom. The average molecular weight is 363 g/mol. The fraction of sp³-hybridized carbons (Fsp3) is 0.696. The summed E-state index contributed by atoms with van der Waals surface area (Å²) in [5.74, 6) is 1.51. The van der Waals surface area contributed by atoms with Gasteiger partial charge in [-0.05, 0) is 93.2 Å². The number of rotatable bonds is 6. The molecule has 1 unspecified atom stereocenters. The molecular weight excluding hydrogens is 330 g/mol. The van der Waals surface area contributed by atoms with E-state index in [0.717, 1.165) is 51.4 Å². The van der Waals surface area contributed by atoms with Crippen molar-refractivity contribution in [3.8, 4) is 0 Å². The zero-order valence-electron chi connectivity index (χ0n) is 15.9. The van der Waals surface area contributed by atoms with Crippen LogP contribution in [0.1, 0.15) is 82.6 Å². The second-order valence-corrected chi connectivity index (χ2v) is 8.45. The van der Waals surface area contributed by atoms with Crippen LogP contribution in [0.25, 0.3) is 0 Å². The van der Waals surface area contributed by atoms with Crippen LogP contribution in [0.2, 0.25) is 0 Å². The number of halogens is 2. The molecule has 0 saturated heterocycles. The van der Waals surface area contributed by atoms with Gasteiger partial charge in [-0.2, -0.15) is 0 Å². The van der Waals surface area contributed by atoms with Crippen molar-refractivity contribution < 1.29 is 13.6 Å². The molecular formula is C23H32F2O. The number of alkyl halides is 1. The molecule has 1 aromatic rings. The highest BCUT2D eigenvalue weighted by atomic mass is 19.1. The Morgan fingerprint density at radius 1 is 1.00 bits per heavy atom.